The van der Waals surface area contributed by atoms with Gasteiger partial charge in [0, 0.05) is 26.4 Å². The Morgan fingerprint density at radius 1 is 1.50 bits per heavy atom. The van der Waals surface area contributed by atoms with Crippen LogP contribution < -0.4 is 10.6 Å². The lowest BCUT2D eigenvalue weighted by Crippen LogP contribution is -2.35. The van der Waals surface area contributed by atoms with Crippen molar-refractivity contribution in [3.63, 3.8) is 0 Å². The van der Waals surface area contributed by atoms with E-state index in [1.807, 2.05) is 0 Å². The van der Waals surface area contributed by atoms with Gasteiger partial charge in [-0.25, -0.2) is 4.98 Å². The lowest BCUT2D eigenvalue weighted by atomic mass is 10.0. The smallest absolute Gasteiger partial charge is 0.227 e. The van der Waals surface area contributed by atoms with Crippen LogP contribution in [-0.4, -0.2) is 35.3 Å². The summed E-state index contributed by atoms with van der Waals surface area (Å²) >= 11 is 0. The Labute approximate surface area is 96.3 Å². The van der Waals surface area contributed by atoms with Gasteiger partial charge in [0.05, 0.1) is 0 Å². The molecular formula is C11H20N4O. The third-order valence-electron chi connectivity index (χ3n) is 2.60. The summed E-state index contributed by atoms with van der Waals surface area (Å²) in [7, 11) is 1.00. The molecule has 1 aliphatic rings. The quantitative estimate of drug-likeness (QED) is 0.741. The summed E-state index contributed by atoms with van der Waals surface area (Å²) in [4.78, 5) is 10.7. The molecule has 1 aromatic heterocycles. The topological polar surface area (TPSA) is 75.3 Å². The molecule has 5 heteroatoms. The zero-order valence-corrected chi connectivity index (χ0v) is 9.93. The third kappa shape index (κ3) is 3.34. The summed E-state index contributed by atoms with van der Waals surface area (Å²) in [5.41, 5.74) is 5.62. The maximum Gasteiger partial charge on any atom is 0.227 e. The second kappa shape index (κ2) is 6.27. The first-order valence-corrected chi connectivity index (χ1v) is 5.54. The summed E-state index contributed by atoms with van der Waals surface area (Å²) < 4.78 is 0. The van der Waals surface area contributed by atoms with Gasteiger partial charge in [0.1, 0.15) is 5.82 Å². The van der Waals surface area contributed by atoms with Gasteiger partial charge in [0.2, 0.25) is 5.95 Å². The zero-order valence-electron chi connectivity index (χ0n) is 9.93. The highest BCUT2D eigenvalue weighted by Gasteiger charge is 2.18. The fourth-order valence-corrected chi connectivity index (χ4v) is 1.89. The number of nitrogens with zero attached hydrogens (tertiary/aromatic N) is 3. The molecular weight excluding hydrogens is 204 g/mol. The van der Waals surface area contributed by atoms with E-state index in [0.717, 1.165) is 32.1 Å². The maximum absolute atomic E-state index is 7.00. The molecule has 1 aliphatic heterocycles. The minimum Gasteiger partial charge on any atom is -0.400 e. The highest BCUT2D eigenvalue weighted by Crippen LogP contribution is 2.19. The molecule has 1 unspecified atom stereocenters. The number of aliphatic hydroxyl groups is 1. The van der Waals surface area contributed by atoms with Crippen molar-refractivity contribution in [2.45, 2.75) is 19.8 Å². The molecule has 3 N–H and O–H groups in total. The predicted molar refractivity (Wildman–Crippen MR) is 65.2 cm³/mol. The van der Waals surface area contributed by atoms with Crippen LogP contribution in [0.2, 0.25) is 0 Å². The first kappa shape index (κ1) is 12.7. The number of aromatic nitrogens is 2. The molecule has 2 rings (SSSR count). The summed E-state index contributed by atoms with van der Waals surface area (Å²) in [6, 6.07) is 1.72. The van der Waals surface area contributed by atoms with Crippen molar-refractivity contribution in [3.05, 3.63) is 12.3 Å². The van der Waals surface area contributed by atoms with Crippen LogP contribution in [0.3, 0.4) is 0 Å². The Balaban J connectivity index is 0.000000606. The van der Waals surface area contributed by atoms with Crippen molar-refractivity contribution in [2.24, 2.45) is 5.92 Å². The zero-order chi connectivity index (χ0) is 12.0. The largest absolute Gasteiger partial charge is 0.400 e. The molecule has 2 heterocycles. The monoisotopic (exact) mass is 224 g/mol. The molecule has 90 valence electrons. The Kier molecular flexibility index (Phi) is 4.98. The molecule has 0 spiro atoms. The number of anilines is 2. The van der Waals surface area contributed by atoms with E-state index in [2.05, 4.69) is 21.8 Å². The Morgan fingerprint density at radius 2 is 2.25 bits per heavy atom. The molecule has 0 aliphatic carbocycles. The predicted octanol–water partition coefficient (Wildman–Crippen LogP) is 0.904. The molecule has 0 saturated carbocycles. The molecule has 1 saturated heterocycles. The Bertz CT molecular complexity index is 319. The average Bonchev–Trinajstić information content (AvgIpc) is 2.32. The summed E-state index contributed by atoms with van der Waals surface area (Å²) in [5, 5.41) is 7.00. The molecule has 0 amide bonds. The van der Waals surface area contributed by atoms with Crippen LogP contribution in [0, 0.1) is 5.92 Å². The van der Waals surface area contributed by atoms with Gasteiger partial charge in [0.25, 0.3) is 0 Å². The minimum absolute atomic E-state index is 0.549. The molecule has 1 fully saturated rings. The molecule has 1 atom stereocenters. The number of hydrogen-bond donors (Lipinski definition) is 2. The summed E-state index contributed by atoms with van der Waals surface area (Å²) in [6.07, 6.45) is 4.25. The first-order valence-electron chi connectivity index (χ1n) is 5.54. The van der Waals surface area contributed by atoms with Gasteiger partial charge in [-0.3, -0.25) is 0 Å². The number of nitrogen functional groups attached to an aromatic ring is 1. The number of aliphatic hydroxyl groups excluding tert-OH is 1. The van der Waals surface area contributed by atoms with Gasteiger partial charge < -0.3 is 15.7 Å². The molecule has 16 heavy (non-hydrogen) atoms. The van der Waals surface area contributed by atoms with E-state index in [0.29, 0.717) is 5.82 Å². The Morgan fingerprint density at radius 3 is 2.88 bits per heavy atom. The fraction of sp³-hybridized carbons (Fsp3) is 0.636. The molecule has 0 bridgehead atoms. The van der Waals surface area contributed by atoms with Gasteiger partial charge in [-0.2, -0.15) is 4.98 Å². The van der Waals surface area contributed by atoms with Gasteiger partial charge in [-0.1, -0.05) is 6.92 Å². The second-order valence-corrected chi connectivity index (χ2v) is 3.97. The highest BCUT2D eigenvalue weighted by atomic mass is 16.2. The van der Waals surface area contributed by atoms with Crippen molar-refractivity contribution >= 4 is 11.8 Å². The lowest BCUT2D eigenvalue weighted by molar-refractivity contribution is 0.399. The third-order valence-corrected chi connectivity index (χ3v) is 2.60. The summed E-state index contributed by atoms with van der Waals surface area (Å²) in [6.45, 7) is 4.36. The van der Waals surface area contributed by atoms with Crippen LogP contribution in [0.1, 0.15) is 19.8 Å². The van der Waals surface area contributed by atoms with Crippen LogP contribution in [0.4, 0.5) is 11.8 Å². The van der Waals surface area contributed by atoms with Crippen LogP contribution in [-0.2, 0) is 0 Å². The fourth-order valence-electron chi connectivity index (χ4n) is 1.89. The standard InChI is InChI=1S/C10H16N4.CH4O/c1-8-3-2-6-14(7-8)10-12-5-4-9(11)13-10;1-2/h4-5,8H,2-3,6-7H2,1H3,(H2,11,12,13);2H,1H3. The highest BCUT2D eigenvalue weighted by molar-refractivity contribution is 5.37. The van der Waals surface area contributed by atoms with E-state index >= 15 is 0 Å². The van der Waals surface area contributed by atoms with E-state index < -0.39 is 0 Å². The normalized spacial score (nSPS) is 19.9. The van der Waals surface area contributed by atoms with Gasteiger partial charge in [-0.15, -0.1) is 0 Å². The number of piperidine rings is 1. The minimum atomic E-state index is 0.549. The van der Waals surface area contributed by atoms with Crippen LogP contribution >= 0.6 is 0 Å². The van der Waals surface area contributed by atoms with Gasteiger partial charge >= 0.3 is 0 Å². The molecule has 0 aromatic carbocycles. The Hall–Kier alpha value is -1.36. The van der Waals surface area contributed by atoms with Crippen molar-refractivity contribution in [2.75, 3.05) is 30.8 Å². The SMILES string of the molecule is CC1CCCN(c2nccc(N)n2)C1.CO. The number of nitrogens with two attached hydrogens (primary N) is 1. The maximum atomic E-state index is 7.00. The van der Waals surface area contributed by atoms with Crippen molar-refractivity contribution in [1.29, 1.82) is 0 Å². The number of rotatable bonds is 1. The van der Waals surface area contributed by atoms with E-state index in [1.54, 1.807) is 12.3 Å². The van der Waals surface area contributed by atoms with Gasteiger partial charge in [-0.05, 0) is 24.8 Å². The van der Waals surface area contributed by atoms with Gasteiger partial charge in [0.15, 0.2) is 0 Å². The first-order chi connectivity index (χ1) is 7.75. The van der Waals surface area contributed by atoms with E-state index in [9.17, 15) is 0 Å². The van der Waals surface area contributed by atoms with E-state index in [-0.39, 0.29) is 0 Å². The van der Waals surface area contributed by atoms with Crippen molar-refractivity contribution in [1.82, 2.24) is 9.97 Å². The number of hydrogen-bond acceptors (Lipinski definition) is 5. The lowest BCUT2D eigenvalue weighted by Gasteiger charge is -2.30. The van der Waals surface area contributed by atoms with Crippen LogP contribution in [0.5, 0.6) is 0 Å². The molecule has 5 nitrogen and oxygen atoms in total. The van der Waals surface area contributed by atoms with Crippen LogP contribution in [0.15, 0.2) is 12.3 Å². The van der Waals surface area contributed by atoms with E-state index in [4.69, 9.17) is 10.8 Å². The van der Waals surface area contributed by atoms with E-state index in [1.165, 1.54) is 12.8 Å². The average molecular weight is 224 g/mol. The molecule has 1 aromatic rings. The molecule has 0 radical (unpaired) electrons. The summed E-state index contributed by atoms with van der Waals surface area (Å²) in [5.74, 6) is 2.05. The van der Waals surface area contributed by atoms with Crippen LogP contribution in [0.25, 0.3) is 0 Å². The second-order valence-electron chi connectivity index (χ2n) is 3.97. The van der Waals surface area contributed by atoms with Crippen molar-refractivity contribution in [3.8, 4) is 0 Å². The van der Waals surface area contributed by atoms with Crippen molar-refractivity contribution < 1.29 is 5.11 Å².